The number of amides is 1. The van der Waals surface area contributed by atoms with E-state index >= 15 is 0 Å². The van der Waals surface area contributed by atoms with Crippen LogP contribution in [0.5, 0.6) is 0 Å². The molecule has 1 N–H and O–H groups in total. The van der Waals surface area contributed by atoms with Gasteiger partial charge in [0, 0.05) is 25.0 Å². The van der Waals surface area contributed by atoms with Gasteiger partial charge in [-0.15, -0.1) is 11.3 Å². The zero-order chi connectivity index (χ0) is 15.4. The van der Waals surface area contributed by atoms with Crippen molar-refractivity contribution in [3.63, 3.8) is 0 Å². The Bertz CT molecular complexity index is 628. The maximum atomic E-state index is 11.1. The van der Waals surface area contributed by atoms with Crippen molar-refractivity contribution < 1.29 is 4.79 Å². The molecule has 0 radical (unpaired) electrons. The van der Waals surface area contributed by atoms with Crippen LogP contribution < -0.4 is 5.32 Å². The number of likely N-dealkylation sites (tertiary alicyclic amines) is 1. The Hall–Kier alpha value is -1.79. The van der Waals surface area contributed by atoms with Crippen molar-refractivity contribution in [1.82, 2.24) is 14.9 Å². The highest BCUT2D eigenvalue weighted by Crippen LogP contribution is 2.33. The van der Waals surface area contributed by atoms with Crippen molar-refractivity contribution in [3.05, 3.63) is 41.2 Å². The normalized spacial score (nSPS) is 19.0. The molecule has 0 saturated carbocycles. The molecule has 1 atom stereocenters. The van der Waals surface area contributed by atoms with E-state index in [0.29, 0.717) is 11.2 Å². The van der Waals surface area contributed by atoms with Crippen molar-refractivity contribution in [3.8, 4) is 0 Å². The average Bonchev–Trinajstić information content (AvgIpc) is 2.96. The first-order valence-electron chi connectivity index (χ1n) is 7.59. The summed E-state index contributed by atoms with van der Waals surface area (Å²) in [6.07, 6.45) is 5.38. The van der Waals surface area contributed by atoms with E-state index in [-0.39, 0.29) is 5.91 Å². The molecule has 0 aromatic carbocycles. The third kappa shape index (κ3) is 3.69. The second kappa shape index (κ2) is 6.98. The van der Waals surface area contributed by atoms with Gasteiger partial charge in [0.1, 0.15) is 0 Å². The molecule has 6 heteroatoms. The minimum absolute atomic E-state index is 0.0742. The molecular formula is C16H20N4OS. The fraction of sp³-hybridized carbons (Fsp3) is 0.438. The van der Waals surface area contributed by atoms with Crippen LogP contribution in [0.25, 0.3) is 0 Å². The molecule has 3 rings (SSSR count). The lowest BCUT2D eigenvalue weighted by Crippen LogP contribution is -2.33. The van der Waals surface area contributed by atoms with Gasteiger partial charge in [0.2, 0.25) is 5.91 Å². The summed E-state index contributed by atoms with van der Waals surface area (Å²) < 4.78 is 0. The van der Waals surface area contributed by atoms with Crippen LogP contribution in [0.3, 0.4) is 0 Å². The predicted molar refractivity (Wildman–Crippen MR) is 87.7 cm³/mol. The van der Waals surface area contributed by atoms with Crippen molar-refractivity contribution in [2.75, 3.05) is 11.9 Å². The maximum Gasteiger partial charge on any atom is 0.223 e. The number of hydrogen-bond acceptors (Lipinski definition) is 5. The van der Waals surface area contributed by atoms with Gasteiger partial charge in [-0.25, -0.2) is 4.98 Å². The first kappa shape index (κ1) is 15.1. The van der Waals surface area contributed by atoms with E-state index in [2.05, 4.69) is 31.6 Å². The number of rotatable bonds is 4. The lowest BCUT2D eigenvalue weighted by atomic mass is 9.99. The van der Waals surface area contributed by atoms with Crippen molar-refractivity contribution in [2.24, 2.45) is 0 Å². The van der Waals surface area contributed by atoms with E-state index in [1.165, 1.54) is 31.1 Å². The fourth-order valence-corrected chi connectivity index (χ4v) is 3.67. The number of anilines is 1. The molecule has 1 aliphatic rings. The third-order valence-corrected chi connectivity index (χ3v) is 4.63. The van der Waals surface area contributed by atoms with Gasteiger partial charge in [0.25, 0.3) is 0 Å². The summed E-state index contributed by atoms with van der Waals surface area (Å²) >= 11 is 1.49. The Morgan fingerprint density at radius 1 is 1.45 bits per heavy atom. The summed E-state index contributed by atoms with van der Waals surface area (Å²) in [5.74, 6) is -0.0742. The monoisotopic (exact) mass is 316 g/mol. The van der Waals surface area contributed by atoms with Crippen LogP contribution in [-0.2, 0) is 11.3 Å². The zero-order valence-electron chi connectivity index (χ0n) is 12.7. The van der Waals surface area contributed by atoms with Crippen LogP contribution in [0, 0.1) is 0 Å². The first-order chi connectivity index (χ1) is 10.7. The third-order valence-electron chi connectivity index (χ3n) is 3.85. The standard InChI is InChI=1S/C16H20N4OS/c1-12(21)18-16-19-14(11-22-16)15-7-3-5-9-20(15)10-13-6-2-4-8-17-13/h2,4,6,8,11,15H,3,5,7,9-10H2,1H3,(H,18,19,21)/t15-/m1/s1. The Morgan fingerprint density at radius 2 is 2.36 bits per heavy atom. The highest BCUT2D eigenvalue weighted by atomic mass is 32.1. The molecule has 1 saturated heterocycles. The van der Waals surface area contributed by atoms with Crippen molar-refractivity contribution >= 4 is 22.4 Å². The number of carbonyl (C=O) groups excluding carboxylic acids is 1. The largest absolute Gasteiger partial charge is 0.302 e. The number of aromatic nitrogens is 2. The fourth-order valence-electron chi connectivity index (χ4n) is 2.86. The SMILES string of the molecule is CC(=O)Nc1nc([C@H]2CCCCN2Cc2ccccn2)cs1. The molecule has 0 spiro atoms. The molecule has 3 heterocycles. The molecule has 1 amide bonds. The molecule has 2 aromatic rings. The van der Waals surface area contributed by atoms with Crippen LogP contribution in [0.4, 0.5) is 5.13 Å². The van der Waals surface area contributed by atoms with Gasteiger partial charge < -0.3 is 5.32 Å². The average molecular weight is 316 g/mol. The Morgan fingerprint density at radius 3 is 3.14 bits per heavy atom. The summed E-state index contributed by atoms with van der Waals surface area (Å²) in [7, 11) is 0. The zero-order valence-corrected chi connectivity index (χ0v) is 13.5. The molecule has 22 heavy (non-hydrogen) atoms. The highest BCUT2D eigenvalue weighted by molar-refractivity contribution is 7.13. The van der Waals surface area contributed by atoms with Crippen LogP contribution in [0.15, 0.2) is 29.8 Å². The number of nitrogens with zero attached hydrogens (tertiary/aromatic N) is 3. The molecular weight excluding hydrogens is 296 g/mol. The van der Waals surface area contributed by atoms with Gasteiger partial charge in [-0.1, -0.05) is 12.5 Å². The van der Waals surface area contributed by atoms with Gasteiger partial charge in [0.05, 0.1) is 17.4 Å². The topological polar surface area (TPSA) is 58.1 Å². The van der Waals surface area contributed by atoms with E-state index in [4.69, 9.17) is 0 Å². The first-order valence-corrected chi connectivity index (χ1v) is 8.47. The van der Waals surface area contributed by atoms with Crippen LogP contribution >= 0.6 is 11.3 Å². The lowest BCUT2D eigenvalue weighted by molar-refractivity contribution is -0.114. The van der Waals surface area contributed by atoms with Crippen LogP contribution in [0.2, 0.25) is 0 Å². The van der Waals surface area contributed by atoms with E-state index in [1.54, 1.807) is 0 Å². The molecule has 1 fully saturated rings. The summed E-state index contributed by atoms with van der Waals surface area (Å²) in [6.45, 7) is 3.42. The molecule has 0 bridgehead atoms. The molecule has 2 aromatic heterocycles. The second-order valence-corrected chi connectivity index (χ2v) is 6.42. The predicted octanol–water partition coefficient (Wildman–Crippen LogP) is 3.22. The number of nitrogens with one attached hydrogen (secondary N) is 1. The molecule has 116 valence electrons. The summed E-state index contributed by atoms with van der Waals surface area (Å²) in [5, 5.41) is 5.51. The molecule has 0 unspecified atom stereocenters. The number of pyridine rings is 1. The van der Waals surface area contributed by atoms with Crippen LogP contribution in [-0.4, -0.2) is 27.3 Å². The van der Waals surface area contributed by atoms with Crippen molar-refractivity contribution in [1.29, 1.82) is 0 Å². The van der Waals surface area contributed by atoms with E-state index in [0.717, 1.165) is 30.9 Å². The minimum Gasteiger partial charge on any atom is -0.302 e. The van der Waals surface area contributed by atoms with E-state index in [1.807, 2.05) is 18.3 Å². The number of carbonyl (C=O) groups is 1. The van der Waals surface area contributed by atoms with Gasteiger partial charge >= 0.3 is 0 Å². The minimum atomic E-state index is -0.0742. The highest BCUT2D eigenvalue weighted by Gasteiger charge is 2.26. The molecule has 0 aliphatic carbocycles. The van der Waals surface area contributed by atoms with Gasteiger partial charge in [-0.05, 0) is 31.5 Å². The smallest absolute Gasteiger partial charge is 0.223 e. The summed E-state index contributed by atoms with van der Waals surface area (Å²) in [5.41, 5.74) is 2.15. The molecule has 5 nitrogen and oxygen atoms in total. The van der Waals surface area contributed by atoms with E-state index < -0.39 is 0 Å². The van der Waals surface area contributed by atoms with Gasteiger partial charge in [-0.2, -0.15) is 0 Å². The van der Waals surface area contributed by atoms with Crippen LogP contribution in [0.1, 0.15) is 43.6 Å². The molecule has 1 aliphatic heterocycles. The number of hydrogen-bond donors (Lipinski definition) is 1. The second-order valence-electron chi connectivity index (χ2n) is 5.56. The Balaban J connectivity index is 1.74. The number of piperidine rings is 1. The van der Waals surface area contributed by atoms with Gasteiger partial charge in [0.15, 0.2) is 5.13 Å². The maximum absolute atomic E-state index is 11.1. The number of thiazole rings is 1. The van der Waals surface area contributed by atoms with Gasteiger partial charge in [-0.3, -0.25) is 14.7 Å². The van der Waals surface area contributed by atoms with E-state index in [9.17, 15) is 4.79 Å². The Labute approximate surface area is 134 Å². The summed E-state index contributed by atoms with van der Waals surface area (Å²) in [4.78, 5) is 22.6. The quantitative estimate of drug-likeness (QED) is 0.941. The van der Waals surface area contributed by atoms with Crippen molar-refractivity contribution in [2.45, 2.75) is 38.8 Å². The Kier molecular flexibility index (Phi) is 4.80. The lowest BCUT2D eigenvalue weighted by Gasteiger charge is -2.34. The summed E-state index contributed by atoms with van der Waals surface area (Å²) in [6, 6.07) is 6.35.